The zero-order chi connectivity index (χ0) is 18.9. The van der Waals surface area contributed by atoms with Crippen LogP contribution in [0.25, 0.3) is 0 Å². The maximum Gasteiger partial charge on any atom is 0.213 e. The van der Waals surface area contributed by atoms with Gasteiger partial charge in [-0.05, 0) is 38.7 Å². The van der Waals surface area contributed by atoms with Crippen LogP contribution in [0.3, 0.4) is 0 Å². The number of nitrogens with one attached hydrogen (secondary N) is 2. The predicted octanol–water partition coefficient (Wildman–Crippen LogP) is 2.65. The standard InChI is InChI=1S/C20H35N5O/c1-6-10-26-19-9-8-17(11-22-19)12-23-20(21-7-2)24-18-14-25(15(3)4)13-16(18)5/h8-9,11,15-16,18H,6-7,10,12-14H2,1-5H3,(H2,21,23,24). The van der Waals surface area contributed by atoms with Gasteiger partial charge in [0.05, 0.1) is 13.2 Å². The summed E-state index contributed by atoms with van der Waals surface area (Å²) in [5.74, 6) is 2.16. The van der Waals surface area contributed by atoms with Crippen LogP contribution in [0.15, 0.2) is 23.3 Å². The van der Waals surface area contributed by atoms with Gasteiger partial charge in [-0.1, -0.05) is 19.9 Å². The van der Waals surface area contributed by atoms with E-state index in [0.29, 0.717) is 37.0 Å². The molecule has 2 unspecified atom stereocenters. The van der Waals surface area contributed by atoms with Gasteiger partial charge in [0.2, 0.25) is 5.88 Å². The third-order valence-electron chi connectivity index (χ3n) is 4.71. The molecule has 0 bridgehead atoms. The third-order valence-corrected chi connectivity index (χ3v) is 4.71. The normalized spacial score (nSPS) is 21.2. The van der Waals surface area contributed by atoms with Gasteiger partial charge in [0.15, 0.2) is 5.96 Å². The molecule has 6 heteroatoms. The molecular weight excluding hydrogens is 326 g/mol. The molecule has 1 aromatic rings. The fourth-order valence-electron chi connectivity index (χ4n) is 3.08. The maximum absolute atomic E-state index is 5.53. The van der Waals surface area contributed by atoms with Crippen LogP contribution < -0.4 is 15.4 Å². The second-order valence-electron chi connectivity index (χ2n) is 7.32. The largest absolute Gasteiger partial charge is 0.478 e. The lowest BCUT2D eigenvalue weighted by Crippen LogP contribution is -2.46. The lowest BCUT2D eigenvalue weighted by Gasteiger charge is -2.22. The van der Waals surface area contributed by atoms with Crippen LogP contribution in [0.5, 0.6) is 5.88 Å². The summed E-state index contributed by atoms with van der Waals surface area (Å²) >= 11 is 0. The van der Waals surface area contributed by atoms with E-state index < -0.39 is 0 Å². The monoisotopic (exact) mass is 361 g/mol. The highest BCUT2D eigenvalue weighted by atomic mass is 16.5. The number of aliphatic imine (C=N–C) groups is 1. The van der Waals surface area contributed by atoms with E-state index in [0.717, 1.165) is 37.6 Å². The number of rotatable bonds is 8. The van der Waals surface area contributed by atoms with E-state index in [2.05, 4.69) is 55.1 Å². The van der Waals surface area contributed by atoms with Gasteiger partial charge in [-0.15, -0.1) is 0 Å². The Bertz CT molecular complexity index is 558. The van der Waals surface area contributed by atoms with Crippen molar-refractivity contribution >= 4 is 5.96 Å². The lowest BCUT2D eigenvalue weighted by atomic mass is 10.1. The Hall–Kier alpha value is -1.82. The minimum atomic E-state index is 0.429. The summed E-state index contributed by atoms with van der Waals surface area (Å²) in [5, 5.41) is 6.97. The van der Waals surface area contributed by atoms with Crippen LogP contribution in [0.4, 0.5) is 0 Å². The molecule has 0 aromatic carbocycles. The average molecular weight is 362 g/mol. The topological polar surface area (TPSA) is 61.8 Å². The summed E-state index contributed by atoms with van der Waals surface area (Å²) in [6, 6.07) is 4.96. The van der Waals surface area contributed by atoms with E-state index in [9.17, 15) is 0 Å². The summed E-state index contributed by atoms with van der Waals surface area (Å²) in [6.45, 7) is 15.4. The molecule has 1 fully saturated rings. The van der Waals surface area contributed by atoms with Crippen LogP contribution in [0, 0.1) is 5.92 Å². The molecule has 1 aliphatic rings. The van der Waals surface area contributed by atoms with Crippen LogP contribution in [0.1, 0.15) is 46.6 Å². The maximum atomic E-state index is 5.53. The number of ether oxygens (including phenoxy) is 1. The van der Waals surface area contributed by atoms with Crippen molar-refractivity contribution in [2.45, 2.75) is 59.7 Å². The molecule has 2 N–H and O–H groups in total. The first-order chi connectivity index (χ1) is 12.5. The van der Waals surface area contributed by atoms with Gasteiger partial charge in [0.1, 0.15) is 0 Å². The minimum Gasteiger partial charge on any atom is -0.478 e. The first kappa shape index (κ1) is 20.5. The van der Waals surface area contributed by atoms with Gasteiger partial charge in [-0.3, -0.25) is 4.90 Å². The number of hydrogen-bond donors (Lipinski definition) is 2. The summed E-state index contributed by atoms with van der Waals surface area (Å²) in [4.78, 5) is 11.6. The van der Waals surface area contributed by atoms with Gasteiger partial charge < -0.3 is 15.4 Å². The molecule has 0 radical (unpaired) electrons. The number of nitrogens with zero attached hydrogens (tertiary/aromatic N) is 3. The van der Waals surface area contributed by atoms with E-state index in [4.69, 9.17) is 9.73 Å². The van der Waals surface area contributed by atoms with E-state index in [-0.39, 0.29) is 0 Å². The van der Waals surface area contributed by atoms with E-state index in [1.54, 1.807) is 0 Å². The molecule has 26 heavy (non-hydrogen) atoms. The van der Waals surface area contributed by atoms with Gasteiger partial charge in [-0.2, -0.15) is 0 Å². The van der Waals surface area contributed by atoms with E-state index >= 15 is 0 Å². The van der Waals surface area contributed by atoms with Gasteiger partial charge in [0, 0.05) is 44.0 Å². The van der Waals surface area contributed by atoms with Crippen LogP contribution >= 0.6 is 0 Å². The Kier molecular flexibility index (Phi) is 8.16. The molecule has 2 atom stereocenters. The number of aromatic nitrogens is 1. The van der Waals surface area contributed by atoms with Crippen molar-refractivity contribution in [3.8, 4) is 5.88 Å². The highest BCUT2D eigenvalue weighted by Gasteiger charge is 2.31. The van der Waals surface area contributed by atoms with Crippen molar-refractivity contribution < 1.29 is 4.74 Å². The van der Waals surface area contributed by atoms with Crippen LogP contribution in [-0.2, 0) is 6.54 Å². The quantitative estimate of drug-likeness (QED) is 0.551. The van der Waals surface area contributed by atoms with Gasteiger partial charge >= 0.3 is 0 Å². The van der Waals surface area contributed by atoms with Crippen molar-refractivity contribution in [1.82, 2.24) is 20.5 Å². The van der Waals surface area contributed by atoms with Crippen molar-refractivity contribution in [1.29, 1.82) is 0 Å². The molecule has 0 aliphatic carbocycles. The van der Waals surface area contributed by atoms with Crippen molar-refractivity contribution in [2.24, 2.45) is 10.9 Å². The zero-order valence-corrected chi connectivity index (χ0v) is 17.0. The molecule has 6 nitrogen and oxygen atoms in total. The second-order valence-corrected chi connectivity index (χ2v) is 7.32. The lowest BCUT2D eigenvalue weighted by molar-refractivity contribution is 0.265. The number of guanidine groups is 1. The second kappa shape index (κ2) is 10.4. The number of pyridine rings is 1. The highest BCUT2D eigenvalue weighted by Crippen LogP contribution is 2.18. The fourth-order valence-corrected chi connectivity index (χ4v) is 3.08. The van der Waals surface area contributed by atoms with Crippen molar-refractivity contribution in [2.75, 3.05) is 26.2 Å². The Balaban J connectivity index is 1.93. The third kappa shape index (κ3) is 6.16. The van der Waals surface area contributed by atoms with E-state index in [1.807, 2.05) is 18.3 Å². The Morgan fingerprint density at radius 3 is 2.73 bits per heavy atom. The molecule has 1 saturated heterocycles. The Morgan fingerprint density at radius 2 is 2.15 bits per heavy atom. The summed E-state index contributed by atoms with van der Waals surface area (Å²) < 4.78 is 5.53. The average Bonchev–Trinajstić information content (AvgIpc) is 3.00. The molecule has 2 heterocycles. The molecule has 2 rings (SSSR count). The fraction of sp³-hybridized carbons (Fsp3) is 0.700. The molecule has 0 amide bonds. The molecular formula is C20H35N5O. The molecule has 0 saturated carbocycles. The molecule has 0 spiro atoms. The summed E-state index contributed by atoms with van der Waals surface area (Å²) in [6.07, 6.45) is 2.83. The smallest absolute Gasteiger partial charge is 0.213 e. The summed E-state index contributed by atoms with van der Waals surface area (Å²) in [7, 11) is 0. The van der Waals surface area contributed by atoms with Gasteiger partial charge in [0.25, 0.3) is 0 Å². The van der Waals surface area contributed by atoms with Crippen molar-refractivity contribution in [3.05, 3.63) is 23.9 Å². The highest BCUT2D eigenvalue weighted by molar-refractivity contribution is 5.80. The number of likely N-dealkylation sites (tertiary alicyclic amines) is 1. The zero-order valence-electron chi connectivity index (χ0n) is 17.0. The van der Waals surface area contributed by atoms with Crippen LogP contribution in [0.2, 0.25) is 0 Å². The predicted molar refractivity (Wildman–Crippen MR) is 108 cm³/mol. The van der Waals surface area contributed by atoms with Gasteiger partial charge in [-0.25, -0.2) is 9.98 Å². The molecule has 1 aromatic heterocycles. The summed E-state index contributed by atoms with van der Waals surface area (Å²) in [5.41, 5.74) is 1.08. The minimum absolute atomic E-state index is 0.429. The molecule has 1 aliphatic heterocycles. The van der Waals surface area contributed by atoms with E-state index in [1.165, 1.54) is 0 Å². The Morgan fingerprint density at radius 1 is 1.35 bits per heavy atom. The van der Waals surface area contributed by atoms with Crippen molar-refractivity contribution in [3.63, 3.8) is 0 Å². The van der Waals surface area contributed by atoms with Crippen LogP contribution in [-0.4, -0.2) is 54.2 Å². The Labute approximate surface area is 158 Å². The molecule has 146 valence electrons. The number of hydrogen-bond acceptors (Lipinski definition) is 4. The SMILES string of the molecule is CCCOc1ccc(CN=C(NCC)NC2CN(C(C)C)CC2C)cn1. The first-order valence-corrected chi connectivity index (χ1v) is 9.90. The first-order valence-electron chi connectivity index (χ1n) is 9.90.